The third-order valence-electron chi connectivity index (χ3n) is 5.99. The molecule has 0 atom stereocenters. The molecule has 0 aliphatic carbocycles. The summed E-state index contributed by atoms with van der Waals surface area (Å²) in [5, 5.41) is 4.04. The third-order valence-corrected chi connectivity index (χ3v) is 5.99. The van der Waals surface area contributed by atoms with Gasteiger partial charge >= 0.3 is 5.97 Å². The number of benzene rings is 3. The minimum Gasteiger partial charge on any atom is -0.494 e. The first-order chi connectivity index (χ1) is 18.4. The highest BCUT2D eigenvalue weighted by atomic mass is 16.5. The summed E-state index contributed by atoms with van der Waals surface area (Å²) in [4.78, 5) is 24.9. The Morgan fingerprint density at radius 3 is 2.05 bits per heavy atom. The molecule has 7 heteroatoms. The highest BCUT2D eigenvalue weighted by molar-refractivity contribution is 5.95. The Morgan fingerprint density at radius 1 is 0.816 bits per heavy atom. The number of ether oxygens (including phenoxy) is 2. The summed E-state index contributed by atoms with van der Waals surface area (Å²) >= 11 is 0. The van der Waals surface area contributed by atoms with Gasteiger partial charge in [-0.05, 0) is 111 Å². The number of carbonyl (C=O) groups excluding carboxylic acids is 2. The molecule has 194 valence electrons. The van der Waals surface area contributed by atoms with E-state index < -0.39 is 5.97 Å². The molecule has 7 nitrogen and oxygen atoms in total. The van der Waals surface area contributed by atoms with Gasteiger partial charge in [0.25, 0.3) is 5.91 Å². The van der Waals surface area contributed by atoms with Crippen LogP contribution in [0.15, 0.2) is 90.0 Å². The largest absolute Gasteiger partial charge is 0.494 e. The van der Waals surface area contributed by atoms with Crippen molar-refractivity contribution in [3.63, 3.8) is 0 Å². The van der Waals surface area contributed by atoms with Gasteiger partial charge in [0.05, 0.1) is 18.4 Å². The second kappa shape index (κ2) is 12.5. The van der Waals surface area contributed by atoms with Crippen molar-refractivity contribution in [2.45, 2.75) is 33.6 Å². The second-order valence-corrected chi connectivity index (χ2v) is 8.88. The van der Waals surface area contributed by atoms with E-state index in [1.807, 2.05) is 26.0 Å². The summed E-state index contributed by atoms with van der Waals surface area (Å²) in [5.41, 5.74) is 7.49. The molecule has 0 unspecified atom stereocenters. The van der Waals surface area contributed by atoms with Gasteiger partial charge in [-0.15, -0.1) is 0 Å². The van der Waals surface area contributed by atoms with Crippen LogP contribution in [0.5, 0.6) is 11.5 Å². The summed E-state index contributed by atoms with van der Waals surface area (Å²) in [7, 11) is 0. The molecule has 0 bridgehead atoms. The molecule has 3 aromatic carbocycles. The fourth-order valence-corrected chi connectivity index (χ4v) is 3.88. The van der Waals surface area contributed by atoms with Crippen LogP contribution in [0.4, 0.5) is 0 Å². The minimum absolute atomic E-state index is 0.305. The van der Waals surface area contributed by atoms with Crippen LogP contribution in [0.25, 0.3) is 5.69 Å². The summed E-state index contributed by atoms with van der Waals surface area (Å²) in [6, 6.07) is 25.2. The van der Waals surface area contributed by atoms with E-state index in [0.717, 1.165) is 41.2 Å². The van der Waals surface area contributed by atoms with Crippen molar-refractivity contribution in [1.82, 2.24) is 9.99 Å². The summed E-state index contributed by atoms with van der Waals surface area (Å²) in [6.45, 7) is 6.85. The zero-order valence-electron chi connectivity index (χ0n) is 21.8. The molecule has 0 saturated carbocycles. The fourth-order valence-electron chi connectivity index (χ4n) is 3.88. The molecule has 1 aromatic heterocycles. The van der Waals surface area contributed by atoms with Crippen LogP contribution in [0, 0.1) is 13.8 Å². The van der Waals surface area contributed by atoms with Crippen LogP contribution in [-0.2, 0) is 0 Å². The first-order valence-corrected chi connectivity index (χ1v) is 12.6. The normalized spacial score (nSPS) is 10.9. The van der Waals surface area contributed by atoms with E-state index in [4.69, 9.17) is 9.47 Å². The molecule has 0 fully saturated rings. The van der Waals surface area contributed by atoms with Gasteiger partial charge in [0, 0.05) is 22.6 Å². The van der Waals surface area contributed by atoms with Crippen molar-refractivity contribution < 1.29 is 19.1 Å². The standard InChI is InChI=1S/C31H31N3O4/c1-4-5-20-37-28-18-12-26(13-19-28)31(36)38-29-16-8-24(9-17-29)21-32-33-30(35)25-10-14-27(15-11-25)34-22(2)6-7-23(34)3/h6-19,21H,4-5,20H2,1-3H3,(H,33,35)/b32-21+. The predicted molar refractivity (Wildman–Crippen MR) is 149 cm³/mol. The highest BCUT2D eigenvalue weighted by Gasteiger charge is 2.10. The van der Waals surface area contributed by atoms with Gasteiger partial charge in [-0.25, -0.2) is 10.2 Å². The number of nitrogens with one attached hydrogen (secondary N) is 1. The first kappa shape index (κ1) is 26.4. The third kappa shape index (κ3) is 6.76. The highest BCUT2D eigenvalue weighted by Crippen LogP contribution is 2.18. The molecule has 0 aliphatic heterocycles. The zero-order valence-corrected chi connectivity index (χ0v) is 21.8. The van der Waals surface area contributed by atoms with Crippen LogP contribution in [0.1, 0.15) is 57.4 Å². The van der Waals surface area contributed by atoms with Crippen molar-refractivity contribution in [2.24, 2.45) is 5.10 Å². The number of carbonyl (C=O) groups is 2. The molecule has 0 saturated heterocycles. The summed E-state index contributed by atoms with van der Waals surface area (Å²) < 4.78 is 13.2. The minimum atomic E-state index is -0.452. The van der Waals surface area contributed by atoms with Crippen molar-refractivity contribution >= 4 is 18.1 Å². The molecule has 1 amide bonds. The van der Waals surface area contributed by atoms with Crippen LogP contribution in [-0.4, -0.2) is 29.3 Å². The van der Waals surface area contributed by atoms with Gasteiger partial charge in [-0.3, -0.25) is 4.79 Å². The SMILES string of the molecule is CCCCOc1ccc(C(=O)Oc2ccc(/C=N/NC(=O)c3ccc(-n4c(C)ccc4C)cc3)cc2)cc1. The van der Waals surface area contributed by atoms with Crippen LogP contribution in [0.3, 0.4) is 0 Å². The number of rotatable bonds is 10. The molecule has 4 aromatic rings. The number of nitrogens with zero attached hydrogens (tertiary/aromatic N) is 2. The Balaban J connectivity index is 1.28. The lowest BCUT2D eigenvalue weighted by atomic mass is 10.2. The van der Waals surface area contributed by atoms with Crippen LogP contribution < -0.4 is 14.9 Å². The van der Waals surface area contributed by atoms with Gasteiger partial charge in [-0.1, -0.05) is 13.3 Å². The quantitative estimate of drug-likeness (QED) is 0.0900. The van der Waals surface area contributed by atoms with E-state index in [1.165, 1.54) is 6.21 Å². The van der Waals surface area contributed by atoms with Crippen molar-refractivity contribution in [3.8, 4) is 17.2 Å². The van der Waals surface area contributed by atoms with E-state index >= 15 is 0 Å². The van der Waals surface area contributed by atoms with Crippen molar-refractivity contribution in [2.75, 3.05) is 6.61 Å². The Kier molecular flexibility index (Phi) is 8.72. The lowest BCUT2D eigenvalue weighted by Crippen LogP contribution is -2.17. The number of aryl methyl sites for hydroxylation is 2. The van der Waals surface area contributed by atoms with Gasteiger partial charge in [0.15, 0.2) is 0 Å². The van der Waals surface area contributed by atoms with E-state index in [9.17, 15) is 9.59 Å². The number of hydrogen-bond donors (Lipinski definition) is 1. The van der Waals surface area contributed by atoms with Crippen molar-refractivity contribution in [1.29, 1.82) is 0 Å². The topological polar surface area (TPSA) is 81.9 Å². The number of amides is 1. The maximum Gasteiger partial charge on any atom is 0.343 e. The first-order valence-electron chi connectivity index (χ1n) is 12.6. The Labute approximate surface area is 222 Å². The Morgan fingerprint density at radius 2 is 1.42 bits per heavy atom. The maximum atomic E-state index is 12.5. The monoisotopic (exact) mass is 509 g/mol. The zero-order chi connectivity index (χ0) is 26.9. The van der Waals surface area contributed by atoms with Gasteiger partial charge < -0.3 is 14.0 Å². The smallest absolute Gasteiger partial charge is 0.343 e. The van der Waals surface area contributed by atoms with Gasteiger partial charge in [0.1, 0.15) is 11.5 Å². The van der Waals surface area contributed by atoms with Crippen LogP contribution >= 0.6 is 0 Å². The number of unbranched alkanes of at least 4 members (excludes halogenated alkanes) is 1. The summed E-state index contributed by atoms with van der Waals surface area (Å²) in [6.07, 6.45) is 3.58. The van der Waals surface area contributed by atoms with Crippen molar-refractivity contribution in [3.05, 3.63) is 113 Å². The van der Waals surface area contributed by atoms with E-state index in [1.54, 1.807) is 60.7 Å². The Bertz CT molecular complexity index is 1380. The lowest BCUT2D eigenvalue weighted by molar-refractivity contribution is 0.0734. The average molecular weight is 510 g/mol. The molecule has 1 N–H and O–H groups in total. The predicted octanol–water partition coefficient (Wildman–Crippen LogP) is 6.26. The average Bonchev–Trinajstić information content (AvgIpc) is 3.27. The molecular formula is C31H31N3O4. The van der Waals surface area contributed by atoms with E-state index in [0.29, 0.717) is 23.5 Å². The van der Waals surface area contributed by atoms with E-state index in [-0.39, 0.29) is 5.91 Å². The van der Waals surface area contributed by atoms with E-state index in [2.05, 4.69) is 34.2 Å². The molecule has 0 spiro atoms. The molecule has 0 radical (unpaired) electrons. The molecule has 1 heterocycles. The maximum absolute atomic E-state index is 12.5. The molecule has 0 aliphatic rings. The molecule has 38 heavy (non-hydrogen) atoms. The number of hydrazone groups is 1. The number of aromatic nitrogens is 1. The van der Waals surface area contributed by atoms with Crippen LogP contribution in [0.2, 0.25) is 0 Å². The lowest BCUT2D eigenvalue weighted by Gasteiger charge is -2.10. The number of esters is 1. The fraction of sp³-hybridized carbons (Fsp3) is 0.194. The van der Waals surface area contributed by atoms with Gasteiger partial charge in [-0.2, -0.15) is 5.10 Å². The Hall–Kier alpha value is -4.65. The molecule has 4 rings (SSSR count). The van der Waals surface area contributed by atoms with Gasteiger partial charge in [0.2, 0.25) is 0 Å². The second-order valence-electron chi connectivity index (χ2n) is 8.88. The summed E-state index contributed by atoms with van der Waals surface area (Å²) in [5.74, 6) is 0.380. The number of hydrogen-bond acceptors (Lipinski definition) is 5. The molecular weight excluding hydrogens is 478 g/mol.